The van der Waals surface area contributed by atoms with Gasteiger partial charge in [0.25, 0.3) is 0 Å². The van der Waals surface area contributed by atoms with Gasteiger partial charge in [0.1, 0.15) is 5.41 Å². The molecule has 0 aliphatic carbocycles. The van der Waals surface area contributed by atoms with Gasteiger partial charge in [-0.3, -0.25) is 14.9 Å². The Morgan fingerprint density at radius 3 is 1.63 bits per heavy atom. The molecule has 0 radical (unpaired) electrons. The van der Waals surface area contributed by atoms with Crippen molar-refractivity contribution in [3.05, 3.63) is 71.8 Å². The first-order valence-corrected chi connectivity index (χ1v) is 6.19. The number of imide groups is 1. The van der Waals surface area contributed by atoms with Crippen molar-refractivity contribution >= 4 is 11.8 Å². The van der Waals surface area contributed by atoms with E-state index in [9.17, 15) is 9.59 Å². The molecule has 2 aromatic carbocycles. The molecule has 3 heteroatoms. The van der Waals surface area contributed by atoms with Crippen molar-refractivity contribution in [2.45, 2.75) is 11.8 Å². The van der Waals surface area contributed by atoms with Crippen LogP contribution >= 0.6 is 0 Å². The second-order valence-corrected chi connectivity index (χ2v) is 4.69. The van der Waals surface area contributed by atoms with E-state index in [0.29, 0.717) is 0 Å². The Morgan fingerprint density at radius 1 is 0.789 bits per heavy atom. The monoisotopic (exact) mass is 251 g/mol. The van der Waals surface area contributed by atoms with E-state index in [1.807, 2.05) is 60.7 Å². The van der Waals surface area contributed by atoms with Gasteiger partial charge in [0.15, 0.2) is 0 Å². The summed E-state index contributed by atoms with van der Waals surface area (Å²) in [7, 11) is 0. The molecule has 0 saturated carbocycles. The van der Waals surface area contributed by atoms with E-state index in [1.54, 1.807) is 0 Å². The smallest absolute Gasteiger partial charge is 0.242 e. The van der Waals surface area contributed by atoms with Crippen LogP contribution in [0.5, 0.6) is 0 Å². The van der Waals surface area contributed by atoms with Crippen LogP contribution in [0.3, 0.4) is 0 Å². The first-order chi connectivity index (χ1) is 9.23. The van der Waals surface area contributed by atoms with Gasteiger partial charge >= 0.3 is 0 Å². The van der Waals surface area contributed by atoms with Gasteiger partial charge in [-0.15, -0.1) is 0 Å². The van der Waals surface area contributed by atoms with E-state index >= 15 is 0 Å². The summed E-state index contributed by atoms with van der Waals surface area (Å²) in [4.78, 5) is 24.1. The highest BCUT2D eigenvalue weighted by Gasteiger charge is 2.49. The fourth-order valence-corrected chi connectivity index (χ4v) is 2.68. The van der Waals surface area contributed by atoms with Gasteiger partial charge in [-0.1, -0.05) is 60.7 Å². The molecule has 0 atom stereocenters. The molecule has 0 aromatic heterocycles. The Labute approximate surface area is 111 Å². The van der Waals surface area contributed by atoms with Crippen LogP contribution in [0.15, 0.2) is 60.7 Å². The maximum absolute atomic E-state index is 12.4. The van der Waals surface area contributed by atoms with Crippen LogP contribution in [0.4, 0.5) is 0 Å². The highest BCUT2D eigenvalue weighted by atomic mass is 16.2. The summed E-state index contributed by atoms with van der Waals surface area (Å²) >= 11 is 0. The number of hydrogen-bond acceptors (Lipinski definition) is 2. The third kappa shape index (κ3) is 1.74. The van der Waals surface area contributed by atoms with E-state index in [0.717, 1.165) is 11.1 Å². The number of rotatable bonds is 2. The lowest BCUT2D eigenvalue weighted by atomic mass is 9.73. The van der Waals surface area contributed by atoms with Crippen LogP contribution in [0.25, 0.3) is 0 Å². The molecule has 1 saturated heterocycles. The van der Waals surface area contributed by atoms with Crippen molar-refractivity contribution in [1.29, 1.82) is 0 Å². The molecule has 1 fully saturated rings. The lowest BCUT2D eigenvalue weighted by Crippen LogP contribution is -2.36. The van der Waals surface area contributed by atoms with Gasteiger partial charge in [-0.25, -0.2) is 0 Å². The quantitative estimate of drug-likeness (QED) is 0.830. The number of carbonyl (C=O) groups excluding carboxylic acids is 2. The maximum atomic E-state index is 12.4. The normalized spacial score (nSPS) is 17.3. The van der Waals surface area contributed by atoms with Gasteiger partial charge in [0.2, 0.25) is 11.8 Å². The summed E-state index contributed by atoms with van der Waals surface area (Å²) in [6.07, 6.45) is 0.167. The second kappa shape index (κ2) is 4.35. The highest BCUT2D eigenvalue weighted by molar-refractivity contribution is 6.11. The first kappa shape index (κ1) is 11.7. The molecule has 1 heterocycles. The van der Waals surface area contributed by atoms with Crippen molar-refractivity contribution in [2.24, 2.45) is 0 Å². The van der Waals surface area contributed by atoms with Crippen LogP contribution in [-0.2, 0) is 15.0 Å². The fourth-order valence-electron chi connectivity index (χ4n) is 2.68. The number of nitrogens with one attached hydrogen (secondary N) is 1. The molecule has 0 unspecified atom stereocenters. The Kier molecular flexibility index (Phi) is 2.67. The van der Waals surface area contributed by atoms with Gasteiger partial charge in [-0.2, -0.15) is 0 Å². The first-order valence-electron chi connectivity index (χ1n) is 6.19. The minimum absolute atomic E-state index is 0.167. The Hall–Kier alpha value is -2.42. The summed E-state index contributed by atoms with van der Waals surface area (Å²) in [5.74, 6) is -0.465. The predicted octanol–water partition coefficient (Wildman–Crippen LogP) is 2.02. The molecule has 3 rings (SSSR count). The molecule has 0 bridgehead atoms. The molecular weight excluding hydrogens is 238 g/mol. The lowest BCUT2D eigenvalue weighted by Gasteiger charge is -2.26. The minimum atomic E-state index is -0.889. The van der Waals surface area contributed by atoms with E-state index in [-0.39, 0.29) is 18.2 Å². The molecular formula is C16H13NO2. The Balaban J connectivity index is 2.23. The van der Waals surface area contributed by atoms with Crippen LogP contribution < -0.4 is 5.32 Å². The van der Waals surface area contributed by atoms with Crippen LogP contribution in [0.2, 0.25) is 0 Å². The average Bonchev–Trinajstić information content (AvgIpc) is 2.76. The minimum Gasteiger partial charge on any atom is -0.295 e. The van der Waals surface area contributed by atoms with Crippen molar-refractivity contribution in [1.82, 2.24) is 5.32 Å². The topological polar surface area (TPSA) is 46.2 Å². The van der Waals surface area contributed by atoms with Crippen molar-refractivity contribution < 1.29 is 9.59 Å². The summed E-state index contributed by atoms with van der Waals surface area (Å²) in [6.45, 7) is 0. The zero-order valence-electron chi connectivity index (χ0n) is 10.3. The summed E-state index contributed by atoms with van der Waals surface area (Å²) < 4.78 is 0. The standard InChI is InChI=1S/C16H13NO2/c18-14-11-16(15(19)17-14,12-7-3-1-4-8-12)13-9-5-2-6-10-13/h1-10H,11H2,(H,17,18,19). The van der Waals surface area contributed by atoms with Gasteiger partial charge in [-0.05, 0) is 11.1 Å². The van der Waals surface area contributed by atoms with Crippen LogP contribution in [-0.4, -0.2) is 11.8 Å². The van der Waals surface area contributed by atoms with Crippen molar-refractivity contribution in [3.63, 3.8) is 0 Å². The molecule has 1 N–H and O–H groups in total. The lowest BCUT2D eigenvalue weighted by molar-refractivity contribution is -0.125. The number of hydrogen-bond donors (Lipinski definition) is 1. The maximum Gasteiger partial charge on any atom is 0.242 e. The second-order valence-electron chi connectivity index (χ2n) is 4.69. The van der Waals surface area contributed by atoms with E-state index in [2.05, 4.69) is 5.32 Å². The highest BCUT2D eigenvalue weighted by Crippen LogP contribution is 2.38. The van der Waals surface area contributed by atoms with Gasteiger partial charge in [0.05, 0.1) is 0 Å². The molecule has 1 aliphatic heterocycles. The van der Waals surface area contributed by atoms with E-state index in [4.69, 9.17) is 0 Å². The number of benzene rings is 2. The van der Waals surface area contributed by atoms with Gasteiger partial charge in [0, 0.05) is 6.42 Å². The SMILES string of the molecule is O=C1CC(c2ccccc2)(c2ccccc2)C(=O)N1. The average molecular weight is 251 g/mol. The van der Waals surface area contributed by atoms with Gasteiger partial charge < -0.3 is 0 Å². The zero-order valence-corrected chi connectivity index (χ0v) is 10.3. The fraction of sp³-hybridized carbons (Fsp3) is 0.125. The summed E-state index contributed by atoms with van der Waals surface area (Å²) in [5, 5.41) is 2.43. The Bertz CT molecular complexity index is 580. The van der Waals surface area contributed by atoms with E-state index < -0.39 is 5.41 Å². The van der Waals surface area contributed by atoms with Crippen molar-refractivity contribution in [2.75, 3.05) is 0 Å². The summed E-state index contributed by atoms with van der Waals surface area (Å²) in [5.41, 5.74) is 0.814. The van der Waals surface area contributed by atoms with Crippen LogP contribution in [0, 0.1) is 0 Å². The third-order valence-electron chi connectivity index (χ3n) is 3.60. The predicted molar refractivity (Wildman–Crippen MR) is 71.4 cm³/mol. The van der Waals surface area contributed by atoms with Crippen LogP contribution in [0.1, 0.15) is 17.5 Å². The summed E-state index contributed by atoms with van der Waals surface area (Å²) in [6, 6.07) is 18.9. The van der Waals surface area contributed by atoms with E-state index in [1.165, 1.54) is 0 Å². The largest absolute Gasteiger partial charge is 0.295 e. The van der Waals surface area contributed by atoms with Crippen molar-refractivity contribution in [3.8, 4) is 0 Å². The third-order valence-corrected chi connectivity index (χ3v) is 3.60. The molecule has 3 nitrogen and oxygen atoms in total. The zero-order chi connectivity index (χ0) is 13.3. The molecule has 1 aliphatic rings. The molecule has 2 aromatic rings. The molecule has 19 heavy (non-hydrogen) atoms. The molecule has 0 spiro atoms. The molecule has 2 amide bonds. The number of amides is 2. The number of carbonyl (C=O) groups is 2. The Morgan fingerprint density at radius 2 is 1.26 bits per heavy atom. The molecule has 94 valence electrons.